The van der Waals surface area contributed by atoms with E-state index in [2.05, 4.69) is 24.5 Å². The van der Waals surface area contributed by atoms with E-state index in [9.17, 15) is 5.11 Å². The second-order valence-corrected chi connectivity index (χ2v) is 3.11. The number of aliphatic hydroxyl groups is 1. The smallest absolute Gasteiger partial charge is 0.0676 e. The van der Waals surface area contributed by atoms with Crippen LogP contribution in [0.5, 0.6) is 0 Å². The first-order valence-corrected chi connectivity index (χ1v) is 4.23. The van der Waals surface area contributed by atoms with E-state index < -0.39 is 0 Å². The van der Waals surface area contributed by atoms with Gasteiger partial charge < -0.3 is 15.7 Å². The van der Waals surface area contributed by atoms with Crippen molar-refractivity contribution in [1.82, 2.24) is 10.6 Å². The lowest BCUT2D eigenvalue weighted by molar-refractivity contribution is 0.159. The average molecular weight is 160 g/mol. The molecule has 0 amide bonds. The molecular formula is C8H20N2O. The molecule has 0 heterocycles. The first-order valence-electron chi connectivity index (χ1n) is 4.23. The van der Waals surface area contributed by atoms with Crippen LogP contribution in [0.4, 0.5) is 0 Å². The predicted molar refractivity (Wildman–Crippen MR) is 47.7 cm³/mol. The van der Waals surface area contributed by atoms with Crippen molar-refractivity contribution in [1.29, 1.82) is 0 Å². The molecule has 1 unspecified atom stereocenters. The van der Waals surface area contributed by atoms with Gasteiger partial charge in [-0.15, -0.1) is 0 Å². The molecule has 0 aromatic heterocycles. The third-order valence-electron chi connectivity index (χ3n) is 1.49. The van der Waals surface area contributed by atoms with Crippen molar-refractivity contribution in [3.8, 4) is 0 Å². The van der Waals surface area contributed by atoms with Gasteiger partial charge in [0.05, 0.1) is 6.10 Å². The second-order valence-electron chi connectivity index (χ2n) is 3.11. The van der Waals surface area contributed by atoms with Crippen LogP contribution in [0.1, 0.15) is 20.3 Å². The van der Waals surface area contributed by atoms with E-state index in [1.165, 1.54) is 0 Å². The molecule has 0 radical (unpaired) electrons. The second kappa shape index (κ2) is 6.58. The van der Waals surface area contributed by atoms with Gasteiger partial charge in [0.2, 0.25) is 0 Å². The summed E-state index contributed by atoms with van der Waals surface area (Å²) in [6, 6.07) is 0.458. The monoisotopic (exact) mass is 160 g/mol. The van der Waals surface area contributed by atoms with Gasteiger partial charge in [0.15, 0.2) is 0 Å². The fourth-order valence-corrected chi connectivity index (χ4v) is 0.785. The normalized spacial score (nSPS) is 13.9. The maximum atomic E-state index is 9.33. The highest BCUT2D eigenvalue weighted by atomic mass is 16.3. The van der Waals surface area contributed by atoms with Gasteiger partial charge >= 0.3 is 0 Å². The van der Waals surface area contributed by atoms with Crippen molar-refractivity contribution >= 4 is 0 Å². The average Bonchev–Trinajstić information content (AvgIpc) is 1.97. The molecule has 0 rings (SSSR count). The fourth-order valence-electron chi connectivity index (χ4n) is 0.785. The summed E-state index contributed by atoms with van der Waals surface area (Å²) < 4.78 is 0. The maximum absolute atomic E-state index is 9.33. The first kappa shape index (κ1) is 10.9. The molecule has 3 N–H and O–H groups in total. The summed E-state index contributed by atoms with van der Waals surface area (Å²) >= 11 is 0. The van der Waals surface area contributed by atoms with E-state index >= 15 is 0 Å². The van der Waals surface area contributed by atoms with Gasteiger partial charge in [-0.3, -0.25) is 0 Å². The summed E-state index contributed by atoms with van der Waals surface area (Å²) in [4.78, 5) is 0. The minimum atomic E-state index is -0.218. The molecule has 0 saturated carbocycles. The zero-order valence-corrected chi connectivity index (χ0v) is 7.72. The third kappa shape index (κ3) is 7.78. The maximum Gasteiger partial charge on any atom is 0.0676 e. The van der Waals surface area contributed by atoms with Gasteiger partial charge in [0.1, 0.15) is 0 Å². The van der Waals surface area contributed by atoms with Gasteiger partial charge in [-0.05, 0) is 20.0 Å². The van der Waals surface area contributed by atoms with E-state index in [1.54, 1.807) is 0 Å². The Morgan fingerprint density at radius 2 is 2.00 bits per heavy atom. The van der Waals surface area contributed by atoms with Gasteiger partial charge in [0.25, 0.3) is 0 Å². The molecule has 68 valence electrons. The number of hydrogen-bond acceptors (Lipinski definition) is 3. The van der Waals surface area contributed by atoms with E-state index in [1.807, 2.05) is 7.05 Å². The molecule has 0 bridgehead atoms. The largest absolute Gasteiger partial charge is 0.392 e. The summed E-state index contributed by atoms with van der Waals surface area (Å²) in [7, 11) is 1.89. The van der Waals surface area contributed by atoms with Crippen LogP contribution in [0.2, 0.25) is 0 Å². The first-order chi connectivity index (χ1) is 5.16. The predicted octanol–water partition coefficient (Wildman–Crippen LogP) is -0.0452. The zero-order chi connectivity index (χ0) is 8.69. The molecule has 0 spiro atoms. The molecule has 0 aliphatic rings. The molecule has 0 aliphatic carbocycles. The summed E-state index contributed by atoms with van der Waals surface area (Å²) in [5, 5.41) is 15.5. The van der Waals surface area contributed by atoms with Crippen molar-refractivity contribution in [3.63, 3.8) is 0 Å². The summed E-state index contributed by atoms with van der Waals surface area (Å²) in [6.45, 7) is 5.72. The molecule has 1 atom stereocenters. The Balaban J connectivity index is 3.15. The van der Waals surface area contributed by atoms with Crippen molar-refractivity contribution in [3.05, 3.63) is 0 Å². The van der Waals surface area contributed by atoms with Crippen molar-refractivity contribution in [2.24, 2.45) is 0 Å². The number of nitrogens with one attached hydrogen (secondary N) is 2. The molecule has 11 heavy (non-hydrogen) atoms. The van der Waals surface area contributed by atoms with Crippen LogP contribution < -0.4 is 10.6 Å². The van der Waals surface area contributed by atoms with Crippen LogP contribution in [0, 0.1) is 0 Å². The zero-order valence-electron chi connectivity index (χ0n) is 7.72. The standard InChI is InChI=1S/C8H20N2O/c1-7(2)10-6-8(11)4-5-9-3/h7-11H,4-6H2,1-3H3. The summed E-state index contributed by atoms with van der Waals surface area (Å²) in [5.74, 6) is 0. The minimum Gasteiger partial charge on any atom is -0.392 e. The Labute approximate surface area is 69.2 Å². The van der Waals surface area contributed by atoms with Crippen molar-refractivity contribution in [2.45, 2.75) is 32.4 Å². The molecule has 3 heteroatoms. The Kier molecular flexibility index (Phi) is 6.51. The lowest BCUT2D eigenvalue weighted by Crippen LogP contribution is -2.33. The lowest BCUT2D eigenvalue weighted by atomic mass is 10.2. The highest BCUT2D eigenvalue weighted by Crippen LogP contribution is 1.88. The van der Waals surface area contributed by atoms with E-state index in [-0.39, 0.29) is 6.10 Å². The quantitative estimate of drug-likeness (QED) is 0.510. The van der Waals surface area contributed by atoms with Crippen molar-refractivity contribution < 1.29 is 5.11 Å². The van der Waals surface area contributed by atoms with Gasteiger partial charge in [-0.2, -0.15) is 0 Å². The van der Waals surface area contributed by atoms with Crippen LogP contribution >= 0.6 is 0 Å². The molecule has 0 aromatic carbocycles. The Morgan fingerprint density at radius 1 is 1.36 bits per heavy atom. The summed E-state index contributed by atoms with van der Waals surface area (Å²) in [6.07, 6.45) is 0.598. The Hall–Kier alpha value is -0.120. The highest BCUT2D eigenvalue weighted by Gasteiger charge is 2.02. The molecule has 0 aliphatic heterocycles. The summed E-state index contributed by atoms with van der Waals surface area (Å²) in [5.41, 5.74) is 0. The topological polar surface area (TPSA) is 44.3 Å². The van der Waals surface area contributed by atoms with E-state index in [0.29, 0.717) is 12.6 Å². The number of aliphatic hydroxyl groups excluding tert-OH is 1. The highest BCUT2D eigenvalue weighted by molar-refractivity contribution is 4.62. The van der Waals surface area contributed by atoms with E-state index in [4.69, 9.17) is 0 Å². The van der Waals surface area contributed by atoms with Crippen LogP contribution in [-0.4, -0.2) is 37.4 Å². The van der Waals surface area contributed by atoms with Crippen LogP contribution in [-0.2, 0) is 0 Å². The molecular weight excluding hydrogens is 140 g/mol. The molecule has 0 fully saturated rings. The van der Waals surface area contributed by atoms with Crippen LogP contribution in [0.25, 0.3) is 0 Å². The SMILES string of the molecule is CNCCC(O)CNC(C)C. The van der Waals surface area contributed by atoms with E-state index in [0.717, 1.165) is 13.0 Å². The minimum absolute atomic E-state index is 0.218. The van der Waals surface area contributed by atoms with Gasteiger partial charge in [0, 0.05) is 12.6 Å². The number of hydrogen-bond donors (Lipinski definition) is 3. The van der Waals surface area contributed by atoms with Crippen molar-refractivity contribution in [2.75, 3.05) is 20.1 Å². The Bertz CT molecular complexity index is 86.2. The third-order valence-corrected chi connectivity index (χ3v) is 1.49. The molecule has 3 nitrogen and oxygen atoms in total. The van der Waals surface area contributed by atoms with Crippen LogP contribution in [0.15, 0.2) is 0 Å². The van der Waals surface area contributed by atoms with Gasteiger partial charge in [-0.1, -0.05) is 13.8 Å². The Morgan fingerprint density at radius 3 is 2.45 bits per heavy atom. The van der Waals surface area contributed by atoms with Gasteiger partial charge in [-0.25, -0.2) is 0 Å². The molecule has 0 aromatic rings. The lowest BCUT2D eigenvalue weighted by Gasteiger charge is -2.13. The van der Waals surface area contributed by atoms with Crippen LogP contribution in [0.3, 0.4) is 0 Å². The number of rotatable bonds is 6. The fraction of sp³-hybridized carbons (Fsp3) is 1.00. The molecule has 0 saturated heterocycles.